The maximum absolute atomic E-state index is 5.85. The molecule has 0 bridgehead atoms. The first-order valence-corrected chi connectivity index (χ1v) is 12.2. The first-order chi connectivity index (χ1) is 15.2. The molecular formula is C27H39N3O. The standard InChI is InChI=1S/C27H39N3O/c1-4-6-7-8-9-10-11-12-13-14-22-16-17-23(29-22)19-26-27(31-5-2)20-25(30-26)24-18-15-21(3)28-24/h15-20,28,30H,4-14H2,1-3H3. The smallest absolute Gasteiger partial charge is 0.144 e. The topological polar surface area (TPSA) is 53.2 Å². The first-order valence-electron chi connectivity index (χ1n) is 12.2. The summed E-state index contributed by atoms with van der Waals surface area (Å²) < 4.78 is 5.85. The molecule has 3 heterocycles. The molecule has 2 N–H and O–H groups in total. The van der Waals surface area contributed by atoms with Gasteiger partial charge in [0, 0.05) is 17.5 Å². The number of aliphatic imine (C=N–C) groups is 1. The monoisotopic (exact) mass is 421 g/mol. The van der Waals surface area contributed by atoms with E-state index in [1.807, 2.05) is 6.92 Å². The second-order valence-corrected chi connectivity index (χ2v) is 8.53. The van der Waals surface area contributed by atoms with Crippen molar-refractivity contribution < 1.29 is 4.74 Å². The number of H-pyrrole nitrogens is 2. The van der Waals surface area contributed by atoms with Crippen molar-refractivity contribution in [3.63, 3.8) is 0 Å². The maximum Gasteiger partial charge on any atom is 0.144 e. The van der Waals surface area contributed by atoms with Crippen LogP contribution in [0.15, 0.2) is 41.0 Å². The molecule has 0 aromatic carbocycles. The van der Waals surface area contributed by atoms with E-state index >= 15 is 0 Å². The molecule has 0 radical (unpaired) electrons. The number of ether oxygens (including phenoxy) is 1. The molecule has 3 rings (SSSR count). The molecule has 0 spiro atoms. The van der Waals surface area contributed by atoms with E-state index in [4.69, 9.17) is 9.73 Å². The lowest BCUT2D eigenvalue weighted by molar-refractivity contribution is 0.340. The molecule has 0 saturated heterocycles. The van der Waals surface area contributed by atoms with Crippen LogP contribution in [0.4, 0.5) is 0 Å². The van der Waals surface area contributed by atoms with E-state index in [1.165, 1.54) is 63.5 Å². The lowest BCUT2D eigenvalue weighted by Crippen LogP contribution is -1.92. The first kappa shape index (κ1) is 23.2. The highest BCUT2D eigenvalue weighted by molar-refractivity contribution is 5.99. The zero-order chi connectivity index (χ0) is 21.9. The molecule has 0 aliphatic carbocycles. The van der Waals surface area contributed by atoms with Crippen molar-refractivity contribution in [1.82, 2.24) is 9.97 Å². The third-order valence-electron chi connectivity index (χ3n) is 5.78. The zero-order valence-corrected chi connectivity index (χ0v) is 19.6. The van der Waals surface area contributed by atoms with Crippen LogP contribution in [0.5, 0.6) is 5.75 Å². The van der Waals surface area contributed by atoms with Crippen LogP contribution in [-0.4, -0.2) is 22.3 Å². The van der Waals surface area contributed by atoms with E-state index in [9.17, 15) is 0 Å². The van der Waals surface area contributed by atoms with Gasteiger partial charge in [0.1, 0.15) is 5.75 Å². The van der Waals surface area contributed by atoms with Crippen molar-refractivity contribution in [2.75, 3.05) is 6.61 Å². The van der Waals surface area contributed by atoms with Gasteiger partial charge in [0.25, 0.3) is 0 Å². The van der Waals surface area contributed by atoms with Crippen molar-refractivity contribution >= 4 is 11.8 Å². The van der Waals surface area contributed by atoms with E-state index in [-0.39, 0.29) is 0 Å². The Bertz CT molecular complexity index is 897. The number of allylic oxidation sites excluding steroid dienone is 2. The van der Waals surface area contributed by atoms with Crippen LogP contribution < -0.4 is 4.74 Å². The van der Waals surface area contributed by atoms with Crippen LogP contribution in [0.1, 0.15) is 89.4 Å². The van der Waals surface area contributed by atoms with Crippen LogP contribution in [0.2, 0.25) is 0 Å². The molecule has 31 heavy (non-hydrogen) atoms. The SMILES string of the molecule is CCCCCCCCCCCC1=NC(=Cc2[nH]c(-c3ccc(C)[nH]3)cc2OCC)C=C1. The summed E-state index contributed by atoms with van der Waals surface area (Å²) in [5.74, 6) is 0.869. The summed E-state index contributed by atoms with van der Waals surface area (Å²) in [6.45, 7) is 6.99. The molecule has 4 nitrogen and oxygen atoms in total. The predicted octanol–water partition coefficient (Wildman–Crippen LogP) is 7.99. The number of unbranched alkanes of at least 4 members (excludes halogenated alkanes) is 8. The maximum atomic E-state index is 5.85. The van der Waals surface area contributed by atoms with Crippen molar-refractivity contribution in [3.05, 3.63) is 47.4 Å². The predicted molar refractivity (Wildman–Crippen MR) is 133 cm³/mol. The minimum Gasteiger partial charge on any atom is -0.492 e. The summed E-state index contributed by atoms with van der Waals surface area (Å²) in [6, 6.07) is 6.23. The quantitative estimate of drug-likeness (QED) is 0.298. The van der Waals surface area contributed by atoms with Crippen molar-refractivity contribution in [2.24, 2.45) is 4.99 Å². The lowest BCUT2D eigenvalue weighted by atomic mass is 10.1. The summed E-state index contributed by atoms with van der Waals surface area (Å²) in [5, 5.41) is 0. The fourth-order valence-corrected chi connectivity index (χ4v) is 4.05. The number of aryl methyl sites for hydroxylation is 1. The number of nitrogens with one attached hydrogen (secondary N) is 2. The Morgan fingerprint density at radius 3 is 2.29 bits per heavy atom. The highest BCUT2D eigenvalue weighted by Gasteiger charge is 2.12. The summed E-state index contributed by atoms with van der Waals surface area (Å²) >= 11 is 0. The van der Waals surface area contributed by atoms with Crippen LogP contribution >= 0.6 is 0 Å². The van der Waals surface area contributed by atoms with Gasteiger partial charge in [0.2, 0.25) is 0 Å². The van der Waals surface area contributed by atoms with Gasteiger partial charge in [-0.25, -0.2) is 0 Å². The van der Waals surface area contributed by atoms with Crippen LogP contribution in [0, 0.1) is 6.92 Å². The Labute approximate surface area is 187 Å². The van der Waals surface area contributed by atoms with Gasteiger partial charge in [-0.15, -0.1) is 0 Å². The number of rotatable bonds is 14. The van der Waals surface area contributed by atoms with E-state index in [2.05, 4.69) is 60.2 Å². The summed E-state index contributed by atoms with van der Waals surface area (Å²) in [5.41, 5.74) is 6.40. The Kier molecular flexibility index (Phi) is 9.26. The Hall–Kier alpha value is -2.49. The molecule has 1 aliphatic heterocycles. The minimum atomic E-state index is 0.639. The molecule has 2 aromatic rings. The molecular weight excluding hydrogens is 382 g/mol. The largest absolute Gasteiger partial charge is 0.492 e. The van der Waals surface area contributed by atoms with Crippen LogP contribution in [0.25, 0.3) is 17.5 Å². The lowest BCUT2D eigenvalue weighted by Gasteiger charge is -2.02. The van der Waals surface area contributed by atoms with Gasteiger partial charge in [0.15, 0.2) is 0 Å². The third-order valence-corrected chi connectivity index (χ3v) is 5.78. The van der Waals surface area contributed by atoms with E-state index in [0.717, 1.165) is 40.6 Å². The van der Waals surface area contributed by atoms with E-state index in [1.54, 1.807) is 0 Å². The molecule has 1 aliphatic rings. The highest BCUT2D eigenvalue weighted by Crippen LogP contribution is 2.29. The Morgan fingerprint density at radius 2 is 1.61 bits per heavy atom. The summed E-state index contributed by atoms with van der Waals surface area (Å²) in [7, 11) is 0. The number of hydrogen-bond acceptors (Lipinski definition) is 2. The molecule has 4 heteroatoms. The zero-order valence-electron chi connectivity index (χ0n) is 19.6. The fourth-order valence-electron chi connectivity index (χ4n) is 4.05. The second kappa shape index (κ2) is 12.4. The number of aromatic amines is 2. The molecule has 2 aromatic heterocycles. The normalized spacial score (nSPS) is 14.5. The van der Waals surface area contributed by atoms with Crippen molar-refractivity contribution in [1.29, 1.82) is 0 Å². The average molecular weight is 422 g/mol. The Morgan fingerprint density at radius 1 is 0.871 bits per heavy atom. The van der Waals surface area contributed by atoms with Crippen molar-refractivity contribution in [2.45, 2.75) is 85.0 Å². The fraction of sp³-hybridized carbons (Fsp3) is 0.519. The van der Waals surface area contributed by atoms with Gasteiger partial charge in [0.05, 0.1) is 29.4 Å². The molecule has 0 atom stereocenters. The van der Waals surface area contributed by atoms with E-state index in [0.29, 0.717) is 6.61 Å². The van der Waals surface area contributed by atoms with Gasteiger partial charge < -0.3 is 14.7 Å². The molecule has 0 fully saturated rings. The molecule has 0 saturated carbocycles. The van der Waals surface area contributed by atoms with Crippen LogP contribution in [-0.2, 0) is 0 Å². The molecule has 0 amide bonds. The van der Waals surface area contributed by atoms with Gasteiger partial charge in [-0.05, 0) is 57.0 Å². The van der Waals surface area contributed by atoms with E-state index < -0.39 is 0 Å². The number of hydrogen-bond donors (Lipinski definition) is 2. The van der Waals surface area contributed by atoms with Crippen LogP contribution in [0.3, 0.4) is 0 Å². The van der Waals surface area contributed by atoms with Gasteiger partial charge in [-0.3, -0.25) is 4.99 Å². The van der Waals surface area contributed by atoms with Gasteiger partial charge in [-0.2, -0.15) is 0 Å². The minimum absolute atomic E-state index is 0.639. The van der Waals surface area contributed by atoms with Gasteiger partial charge >= 0.3 is 0 Å². The Balaban J connectivity index is 1.50. The van der Waals surface area contributed by atoms with Gasteiger partial charge in [-0.1, -0.05) is 58.3 Å². The highest BCUT2D eigenvalue weighted by atomic mass is 16.5. The third kappa shape index (κ3) is 7.30. The molecule has 168 valence electrons. The number of nitrogens with zero attached hydrogens (tertiary/aromatic N) is 1. The van der Waals surface area contributed by atoms with Crippen molar-refractivity contribution in [3.8, 4) is 17.1 Å². The average Bonchev–Trinajstić information content (AvgIpc) is 3.48. The number of aromatic nitrogens is 2. The molecule has 0 unspecified atom stereocenters. The summed E-state index contributed by atoms with van der Waals surface area (Å²) in [4.78, 5) is 11.7. The summed E-state index contributed by atoms with van der Waals surface area (Å²) in [6.07, 6.45) is 19.6. The second-order valence-electron chi connectivity index (χ2n) is 8.53.